The molecule has 0 bridgehead atoms. The molecule has 20 heavy (non-hydrogen) atoms. The van der Waals surface area contributed by atoms with Gasteiger partial charge in [-0.3, -0.25) is 9.59 Å². The lowest BCUT2D eigenvalue weighted by atomic mass is 10.1. The van der Waals surface area contributed by atoms with Crippen LogP contribution in [0.3, 0.4) is 0 Å². The van der Waals surface area contributed by atoms with Crippen molar-refractivity contribution in [2.24, 2.45) is 0 Å². The molecule has 104 valence electrons. The largest absolute Gasteiger partial charge is 0.494 e. The molecule has 1 aromatic heterocycles. The summed E-state index contributed by atoms with van der Waals surface area (Å²) in [5, 5.41) is 0. The predicted octanol–water partition coefficient (Wildman–Crippen LogP) is 2.64. The summed E-state index contributed by atoms with van der Waals surface area (Å²) in [6.45, 7) is -0.149. The molecule has 0 unspecified atom stereocenters. The Bertz CT molecular complexity index is 712. The highest BCUT2D eigenvalue weighted by molar-refractivity contribution is 9.10. The highest BCUT2D eigenvalue weighted by Gasteiger charge is 2.11. The van der Waals surface area contributed by atoms with Crippen LogP contribution in [0.25, 0.3) is 0 Å². The van der Waals surface area contributed by atoms with E-state index >= 15 is 0 Å². The number of rotatable bonds is 4. The van der Waals surface area contributed by atoms with Crippen LogP contribution in [-0.2, 0) is 6.54 Å². The van der Waals surface area contributed by atoms with Gasteiger partial charge in [0.1, 0.15) is 0 Å². The Morgan fingerprint density at radius 2 is 2.10 bits per heavy atom. The number of aromatic nitrogens is 1. The average molecular weight is 340 g/mol. The molecule has 0 atom stereocenters. The first-order valence-corrected chi connectivity index (χ1v) is 6.53. The second kappa shape index (κ2) is 6.00. The minimum Gasteiger partial charge on any atom is -0.494 e. The molecule has 0 fully saturated rings. The zero-order chi connectivity index (χ0) is 14.7. The molecule has 6 heteroatoms. The number of pyridine rings is 1. The van der Waals surface area contributed by atoms with Gasteiger partial charge in [0.15, 0.2) is 17.3 Å². The Morgan fingerprint density at radius 3 is 2.75 bits per heavy atom. The third-order valence-corrected chi connectivity index (χ3v) is 3.20. The van der Waals surface area contributed by atoms with E-state index in [-0.39, 0.29) is 29.2 Å². The summed E-state index contributed by atoms with van der Waals surface area (Å²) in [6.07, 6.45) is 1.51. The zero-order valence-corrected chi connectivity index (χ0v) is 12.2. The maximum atomic E-state index is 13.5. The van der Waals surface area contributed by atoms with Gasteiger partial charge in [-0.15, -0.1) is 0 Å². The van der Waals surface area contributed by atoms with Crippen molar-refractivity contribution < 1.29 is 13.9 Å². The quantitative estimate of drug-likeness (QED) is 0.804. The van der Waals surface area contributed by atoms with Gasteiger partial charge >= 0.3 is 0 Å². The van der Waals surface area contributed by atoms with Crippen molar-refractivity contribution in [1.82, 2.24) is 4.57 Å². The van der Waals surface area contributed by atoms with Gasteiger partial charge < -0.3 is 9.30 Å². The van der Waals surface area contributed by atoms with Crippen molar-refractivity contribution in [3.05, 3.63) is 62.7 Å². The van der Waals surface area contributed by atoms with Crippen LogP contribution < -0.4 is 10.3 Å². The Hall–Kier alpha value is -1.95. The summed E-state index contributed by atoms with van der Waals surface area (Å²) in [5.41, 5.74) is -0.106. The summed E-state index contributed by atoms with van der Waals surface area (Å²) in [6, 6.07) is 6.89. The highest BCUT2D eigenvalue weighted by atomic mass is 79.9. The third kappa shape index (κ3) is 3.14. The number of benzene rings is 1. The first-order chi connectivity index (χ1) is 9.51. The summed E-state index contributed by atoms with van der Waals surface area (Å²) in [4.78, 5) is 23.6. The molecule has 0 radical (unpaired) electrons. The Kier molecular flexibility index (Phi) is 4.34. The normalized spacial score (nSPS) is 10.3. The number of carbonyl (C=O) groups is 1. The Labute approximate surface area is 122 Å². The van der Waals surface area contributed by atoms with E-state index in [1.807, 2.05) is 0 Å². The van der Waals surface area contributed by atoms with Crippen LogP contribution in [0.4, 0.5) is 4.39 Å². The van der Waals surface area contributed by atoms with E-state index in [4.69, 9.17) is 4.74 Å². The lowest BCUT2D eigenvalue weighted by Gasteiger charge is -2.07. The van der Waals surface area contributed by atoms with Gasteiger partial charge in [0.25, 0.3) is 5.56 Å². The second-order valence-electron chi connectivity index (χ2n) is 4.09. The number of Topliss-reactive ketones (excluding diaryl/α,β-unsaturated/α-hetero) is 1. The molecular weight excluding hydrogens is 329 g/mol. The fourth-order valence-corrected chi connectivity index (χ4v) is 2.09. The van der Waals surface area contributed by atoms with E-state index in [0.29, 0.717) is 4.47 Å². The maximum absolute atomic E-state index is 13.5. The van der Waals surface area contributed by atoms with E-state index in [9.17, 15) is 14.0 Å². The van der Waals surface area contributed by atoms with E-state index < -0.39 is 5.82 Å². The van der Waals surface area contributed by atoms with Gasteiger partial charge in [0, 0.05) is 22.3 Å². The van der Waals surface area contributed by atoms with Crippen LogP contribution in [0, 0.1) is 5.82 Å². The highest BCUT2D eigenvalue weighted by Crippen LogP contribution is 2.18. The van der Waals surface area contributed by atoms with Crippen LogP contribution in [-0.4, -0.2) is 17.5 Å². The van der Waals surface area contributed by atoms with E-state index in [2.05, 4.69) is 15.9 Å². The minimum atomic E-state index is -0.611. The third-order valence-electron chi connectivity index (χ3n) is 2.74. The van der Waals surface area contributed by atoms with Gasteiger partial charge in [-0.25, -0.2) is 4.39 Å². The maximum Gasteiger partial charge on any atom is 0.251 e. The molecule has 0 saturated heterocycles. The van der Waals surface area contributed by atoms with Crippen LogP contribution in [0.2, 0.25) is 0 Å². The molecule has 0 aliphatic heterocycles. The van der Waals surface area contributed by atoms with Gasteiger partial charge in [0.05, 0.1) is 13.7 Å². The second-order valence-corrected chi connectivity index (χ2v) is 5.00. The molecule has 2 rings (SSSR count). The lowest BCUT2D eigenvalue weighted by Crippen LogP contribution is -2.23. The molecule has 4 nitrogen and oxygen atoms in total. The van der Waals surface area contributed by atoms with Gasteiger partial charge in [-0.05, 0) is 40.2 Å². The molecular formula is C14H11BrFNO3. The molecule has 2 aromatic rings. The monoisotopic (exact) mass is 339 g/mol. The summed E-state index contributed by atoms with van der Waals surface area (Å²) in [5.74, 6) is -0.895. The van der Waals surface area contributed by atoms with E-state index in [0.717, 1.165) is 6.07 Å². The zero-order valence-electron chi connectivity index (χ0n) is 10.6. The van der Waals surface area contributed by atoms with Gasteiger partial charge in [-0.2, -0.15) is 0 Å². The van der Waals surface area contributed by atoms with Crippen molar-refractivity contribution in [2.75, 3.05) is 7.11 Å². The standard InChI is InChI=1S/C14H11BrFNO3/c1-20-13-4-2-9(6-11(13)16)12(18)8-17-7-10(15)3-5-14(17)19/h2-7H,8H2,1H3. The van der Waals surface area contributed by atoms with Crippen LogP contribution in [0.15, 0.2) is 45.8 Å². The van der Waals surface area contributed by atoms with Crippen molar-refractivity contribution in [3.8, 4) is 5.75 Å². The van der Waals surface area contributed by atoms with Crippen molar-refractivity contribution in [2.45, 2.75) is 6.54 Å². The number of hydrogen-bond acceptors (Lipinski definition) is 3. The fourth-order valence-electron chi connectivity index (χ4n) is 1.71. The first kappa shape index (κ1) is 14.5. The van der Waals surface area contributed by atoms with Crippen LogP contribution in [0.5, 0.6) is 5.75 Å². The van der Waals surface area contributed by atoms with Gasteiger partial charge in [0.2, 0.25) is 0 Å². The number of ether oxygens (including phenoxy) is 1. The summed E-state index contributed by atoms with van der Waals surface area (Å²) >= 11 is 3.23. The molecule has 0 saturated carbocycles. The number of carbonyl (C=O) groups excluding carboxylic acids is 1. The average Bonchev–Trinajstić information content (AvgIpc) is 2.42. The Morgan fingerprint density at radius 1 is 1.35 bits per heavy atom. The van der Waals surface area contributed by atoms with Crippen LogP contribution >= 0.6 is 15.9 Å². The molecule has 0 N–H and O–H groups in total. The topological polar surface area (TPSA) is 48.3 Å². The number of hydrogen-bond donors (Lipinski definition) is 0. The Balaban J connectivity index is 2.26. The van der Waals surface area contributed by atoms with Gasteiger partial charge in [-0.1, -0.05) is 0 Å². The smallest absolute Gasteiger partial charge is 0.251 e. The van der Waals surface area contributed by atoms with E-state index in [1.165, 1.54) is 36.1 Å². The van der Waals surface area contributed by atoms with Crippen molar-refractivity contribution in [1.29, 1.82) is 0 Å². The SMILES string of the molecule is COc1ccc(C(=O)Cn2cc(Br)ccc2=O)cc1F. The molecule has 0 spiro atoms. The molecule has 0 amide bonds. The number of halogens is 2. The van der Waals surface area contributed by atoms with Crippen molar-refractivity contribution >= 4 is 21.7 Å². The van der Waals surface area contributed by atoms with Crippen LogP contribution in [0.1, 0.15) is 10.4 Å². The molecule has 0 aliphatic carbocycles. The molecule has 1 aromatic carbocycles. The lowest BCUT2D eigenvalue weighted by molar-refractivity contribution is 0.0970. The molecule has 0 aliphatic rings. The fraction of sp³-hybridized carbons (Fsp3) is 0.143. The van der Waals surface area contributed by atoms with Crippen molar-refractivity contribution in [3.63, 3.8) is 0 Å². The number of methoxy groups -OCH3 is 1. The van der Waals surface area contributed by atoms with E-state index in [1.54, 1.807) is 6.07 Å². The predicted molar refractivity (Wildman–Crippen MR) is 75.7 cm³/mol. The number of ketones is 1. The summed E-state index contributed by atoms with van der Waals surface area (Å²) < 4.78 is 20.3. The summed E-state index contributed by atoms with van der Waals surface area (Å²) in [7, 11) is 1.35. The molecule has 1 heterocycles. The first-order valence-electron chi connectivity index (χ1n) is 5.74. The number of nitrogens with zero attached hydrogens (tertiary/aromatic N) is 1. The minimum absolute atomic E-state index is 0.0705.